The predicted molar refractivity (Wildman–Crippen MR) is 79.8 cm³/mol. The summed E-state index contributed by atoms with van der Waals surface area (Å²) in [5, 5.41) is 14.2. The van der Waals surface area contributed by atoms with Gasteiger partial charge in [0.25, 0.3) is 5.91 Å². The number of hydrogen-bond acceptors (Lipinski definition) is 5. The van der Waals surface area contributed by atoms with Crippen molar-refractivity contribution < 1.29 is 4.79 Å². The molecule has 1 aliphatic heterocycles. The number of carbonyl (C=O) groups excluding carboxylic acids is 1. The minimum Gasteiger partial charge on any atom is -0.337 e. The molecule has 7 nitrogen and oxygen atoms in total. The number of likely N-dealkylation sites (N-methyl/N-ethyl adjacent to an activating group) is 1. The highest BCUT2D eigenvalue weighted by Gasteiger charge is 2.25. The molecule has 1 aliphatic rings. The maximum atomic E-state index is 12.4. The molecule has 1 amide bonds. The largest absolute Gasteiger partial charge is 0.337 e. The van der Waals surface area contributed by atoms with E-state index in [1.54, 1.807) is 4.68 Å². The van der Waals surface area contributed by atoms with Crippen molar-refractivity contribution in [2.24, 2.45) is 0 Å². The van der Waals surface area contributed by atoms with Gasteiger partial charge in [0, 0.05) is 24.7 Å². The summed E-state index contributed by atoms with van der Waals surface area (Å²) < 4.78 is 1.56. The van der Waals surface area contributed by atoms with Crippen molar-refractivity contribution in [2.75, 3.05) is 20.1 Å². The number of rotatable bonds is 3. The molecule has 0 bridgehead atoms. The Kier molecular flexibility index (Phi) is 4.87. The normalized spacial score (nSPS) is 17.6. The molecular weight excluding hydrogens is 292 g/mol. The zero-order valence-corrected chi connectivity index (χ0v) is 12.5. The smallest absolute Gasteiger partial charge is 0.253 e. The van der Waals surface area contributed by atoms with E-state index in [1.165, 1.54) is 6.33 Å². The second kappa shape index (κ2) is 6.64. The van der Waals surface area contributed by atoms with Crippen LogP contribution < -0.4 is 5.32 Å². The van der Waals surface area contributed by atoms with Gasteiger partial charge in [-0.3, -0.25) is 4.79 Å². The average molecular weight is 309 g/mol. The van der Waals surface area contributed by atoms with E-state index in [2.05, 4.69) is 20.8 Å². The Balaban J connectivity index is 0.00000161. The van der Waals surface area contributed by atoms with Gasteiger partial charge in [-0.05, 0) is 48.2 Å². The van der Waals surface area contributed by atoms with Crippen LogP contribution in [0.3, 0.4) is 0 Å². The zero-order chi connectivity index (χ0) is 13.9. The number of amides is 1. The Morgan fingerprint density at radius 1 is 1.33 bits per heavy atom. The van der Waals surface area contributed by atoms with Crippen LogP contribution in [0.4, 0.5) is 0 Å². The molecule has 2 heterocycles. The first kappa shape index (κ1) is 15.4. The molecular formula is C13H17ClN6O. The van der Waals surface area contributed by atoms with Crippen LogP contribution in [0.2, 0.25) is 0 Å². The van der Waals surface area contributed by atoms with Crippen LogP contribution in [-0.4, -0.2) is 57.2 Å². The number of hydrogen-bond donors (Lipinski definition) is 1. The summed E-state index contributed by atoms with van der Waals surface area (Å²) in [6.45, 7) is 1.57. The first-order chi connectivity index (χ1) is 9.78. The monoisotopic (exact) mass is 308 g/mol. The van der Waals surface area contributed by atoms with E-state index in [-0.39, 0.29) is 18.3 Å². The summed E-state index contributed by atoms with van der Waals surface area (Å²) in [5.41, 5.74) is 1.53. The SMILES string of the molecule is CNC1CCN(C(=O)c2ccc(-n3cnnn3)cc2)C1.Cl. The van der Waals surface area contributed by atoms with Gasteiger partial charge in [0.2, 0.25) is 0 Å². The van der Waals surface area contributed by atoms with Gasteiger partial charge in [0.1, 0.15) is 6.33 Å². The minimum atomic E-state index is 0. The summed E-state index contributed by atoms with van der Waals surface area (Å²) in [7, 11) is 1.93. The minimum absolute atomic E-state index is 0. The highest BCUT2D eigenvalue weighted by molar-refractivity contribution is 5.94. The van der Waals surface area contributed by atoms with Crippen LogP contribution in [0.15, 0.2) is 30.6 Å². The molecule has 1 aromatic heterocycles. The Bertz CT molecular complexity index is 585. The number of aromatic nitrogens is 4. The second-order valence-corrected chi connectivity index (χ2v) is 4.83. The molecule has 112 valence electrons. The van der Waals surface area contributed by atoms with Gasteiger partial charge in [-0.25, -0.2) is 4.68 Å². The van der Waals surface area contributed by atoms with Gasteiger partial charge in [-0.15, -0.1) is 17.5 Å². The third-order valence-electron chi connectivity index (χ3n) is 3.61. The quantitative estimate of drug-likeness (QED) is 0.894. The Hall–Kier alpha value is -1.99. The molecule has 21 heavy (non-hydrogen) atoms. The Labute approximate surface area is 128 Å². The number of benzene rings is 1. The standard InChI is InChI=1S/C13H16N6O.ClH/c1-14-11-6-7-18(8-11)13(20)10-2-4-12(5-3-10)19-9-15-16-17-19;/h2-5,9,11,14H,6-8H2,1H3;1H. The predicted octanol–water partition coefficient (Wildman–Crippen LogP) is 0.518. The molecule has 2 aromatic rings. The van der Waals surface area contributed by atoms with Crippen molar-refractivity contribution in [3.8, 4) is 5.69 Å². The molecule has 1 fully saturated rings. The van der Waals surface area contributed by atoms with Crippen LogP contribution >= 0.6 is 12.4 Å². The maximum absolute atomic E-state index is 12.4. The third kappa shape index (κ3) is 3.20. The fourth-order valence-electron chi connectivity index (χ4n) is 2.40. The number of tetrazole rings is 1. The second-order valence-electron chi connectivity index (χ2n) is 4.83. The summed E-state index contributed by atoms with van der Waals surface area (Å²) in [6, 6.07) is 7.71. The molecule has 1 N–H and O–H groups in total. The first-order valence-corrected chi connectivity index (χ1v) is 6.58. The van der Waals surface area contributed by atoms with Crippen LogP contribution in [0.1, 0.15) is 16.8 Å². The van der Waals surface area contributed by atoms with Crippen molar-refractivity contribution in [3.05, 3.63) is 36.2 Å². The lowest BCUT2D eigenvalue weighted by Crippen LogP contribution is -2.33. The molecule has 1 aromatic carbocycles. The van der Waals surface area contributed by atoms with Gasteiger partial charge in [-0.2, -0.15) is 0 Å². The van der Waals surface area contributed by atoms with Crippen molar-refractivity contribution in [1.82, 2.24) is 30.4 Å². The molecule has 1 atom stereocenters. The maximum Gasteiger partial charge on any atom is 0.253 e. The van der Waals surface area contributed by atoms with Gasteiger partial charge in [0.15, 0.2) is 0 Å². The summed E-state index contributed by atoms with van der Waals surface area (Å²) in [6.07, 6.45) is 2.53. The number of carbonyl (C=O) groups is 1. The van der Waals surface area contributed by atoms with E-state index in [4.69, 9.17) is 0 Å². The number of nitrogens with one attached hydrogen (secondary N) is 1. The van der Waals surface area contributed by atoms with Crippen LogP contribution in [0.25, 0.3) is 5.69 Å². The fraction of sp³-hybridized carbons (Fsp3) is 0.385. The highest BCUT2D eigenvalue weighted by Crippen LogP contribution is 2.15. The molecule has 1 unspecified atom stereocenters. The third-order valence-corrected chi connectivity index (χ3v) is 3.61. The lowest BCUT2D eigenvalue weighted by molar-refractivity contribution is 0.0789. The number of halogens is 1. The van der Waals surface area contributed by atoms with Gasteiger partial charge in [0.05, 0.1) is 5.69 Å². The van der Waals surface area contributed by atoms with E-state index >= 15 is 0 Å². The molecule has 0 saturated carbocycles. The van der Waals surface area contributed by atoms with Gasteiger partial charge in [-0.1, -0.05) is 0 Å². The lowest BCUT2D eigenvalue weighted by Gasteiger charge is -2.16. The van der Waals surface area contributed by atoms with Crippen LogP contribution in [-0.2, 0) is 0 Å². The molecule has 0 aliphatic carbocycles. The summed E-state index contributed by atoms with van der Waals surface area (Å²) in [5.74, 6) is 0.0750. The van der Waals surface area contributed by atoms with E-state index in [0.29, 0.717) is 11.6 Å². The number of likely N-dealkylation sites (tertiary alicyclic amines) is 1. The molecule has 0 spiro atoms. The average Bonchev–Trinajstić information content (AvgIpc) is 3.18. The van der Waals surface area contributed by atoms with Crippen LogP contribution in [0, 0.1) is 0 Å². The first-order valence-electron chi connectivity index (χ1n) is 6.58. The highest BCUT2D eigenvalue weighted by atomic mass is 35.5. The van der Waals surface area contributed by atoms with Crippen molar-refractivity contribution in [1.29, 1.82) is 0 Å². The Morgan fingerprint density at radius 3 is 2.67 bits per heavy atom. The lowest BCUT2D eigenvalue weighted by atomic mass is 10.2. The zero-order valence-electron chi connectivity index (χ0n) is 11.6. The number of nitrogens with zero attached hydrogens (tertiary/aromatic N) is 5. The topological polar surface area (TPSA) is 75.9 Å². The van der Waals surface area contributed by atoms with Crippen molar-refractivity contribution in [3.63, 3.8) is 0 Å². The molecule has 1 saturated heterocycles. The van der Waals surface area contributed by atoms with Gasteiger partial charge >= 0.3 is 0 Å². The Morgan fingerprint density at radius 2 is 2.10 bits per heavy atom. The van der Waals surface area contributed by atoms with Crippen molar-refractivity contribution >= 4 is 18.3 Å². The van der Waals surface area contributed by atoms with Crippen LogP contribution in [0.5, 0.6) is 0 Å². The van der Waals surface area contributed by atoms with E-state index in [0.717, 1.165) is 25.2 Å². The molecule has 3 rings (SSSR count). The summed E-state index contributed by atoms with van der Waals surface area (Å²) in [4.78, 5) is 14.2. The van der Waals surface area contributed by atoms with E-state index < -0.39 is 0 Å². The summed E-state index contributed by atoms with van der Waals surface area (Å²) >= 11 is 0. The van der Waals surface area contributed by atoms with Gasteiger partial charge < -0.3 is 10.2 Å². The van der Waals surface area contributed by atoms with E-state index in [9.17, 15) is 4.79 Å². The fourth-order valence-corrected chi connectivity index (χ4v) is 2.40. The van der Waals surface area contributed by atoms with E-state index in [1.807, 2.05) is 36.2 Å². The van der Waals surface area contributed by atoms with Crippen molar-refractivity contribution in [2.45, 2.75) is 12.5 Å². The molecule has 8 heteroatoms. The molecule has 0 radical (unpaired) electrons.